The zero-order chi connectivity index (χ0) is 13.9. The van der Waals surface area contributed by atoms with Crippen LogP contribution in [0.2, 0.25) is 0 Å². The number of carboxylic acids is 1. The molecular weight excluding hydrogens is 264 g/mol. The number of carboxylic acid groups (broad SMARTS) is 1. The Hall–Kier alpha value is -1.43. The van der Waals surface area contributed by atoms with E-state index in [0.717, 1.165) is 31.4 Å². The van der Waals surface area contributed by atoms with Crippen LogP contribution in [0.25, 0.3) is 0 Å². The number of anilines is 1. The van der Waals surface area contributed by atoms with E-state index in [1.54, 1.807) is 0 Å². The molecule has 1 heterocycles. The third kappa shape index (κ3) is 3.76. The molecule has 1 aromatic rings. The number of nitrogens with zero attached hydrogens (tertiary/aromatic N) is 1. The first-order valence-corrected chi connectivity index (χ1v) is 7.31. The van der Waals surface area contributed by atoms with Gasteiger partial charge in [0.05, 0.1) is 12.1 Å². The Kier molecular flexibility index (Phi) is 4.19. The second kappa shape index (κ2) is 5.69. The third-order valence-corrected chi connectivity index (χ3v) is 4.47. The number of amides is 1. The molecule has 6 heteroatoms. The summed E-state index contributed by atoms with van der Waals surface area (Å²) in [6, 6.07) is 0. The van der Waals surface area contributed by atoms with Crippen LogP contribution in [0.3, 0.4) is 0 Å². The van der Waals surface area contributed by atoms with Gasteiger partial charge in [-0.15, -0.1) is 11.3 Å². The Morgan fingerprint density at radius 3 is 2.63 bits per heavy atom. The zero-order valence-corrected chi connectivity index (χ0v) is 11.8. The largest absolute Gasteiger partial charge is 0.481 e. The number of aliphatic carboxylic acids is 1. The van der Waals surface area contributed by atoms with Crippen molar-refractivity contribution in [3.63, 3.8) is 0 Å². The molecule has 0 spiro atoms. The Bertz CT molecular complexity index is 478. The maximum absolute atomic E-state index is 12.0. The summed E-state index contributed by atoms with van der Waals surface area (Å²) in [6.07, 6.45) is 4.02. The van der Waals surface area contributed by atoms with Crippen LogP contribution in [-0.4, -0.2) is 22.0 Å². The van der Waals surface area contributed by atoms with Crippen LogP contribution in [0.15, 0.2) is 5.38 Å². The molecule has 2 rings (SSSR count). The monoisotopic (exact) mass is 282 g/mol. The van der Waals surface area contributed by atoms with Crippen LogP contribution in [0.4, 0.5) is 5.13 Å². The molecule has 0 saturated heterocycles. The maximum Gasteiger partial charge on any atom is 0.303 e. The minimum absolute atomic E-state index is 0.0807. The molecule has 0 unspecified atom stereocenters. The number of aryl methyl sites for hydroxylation is 1. The molecule has 1 fully saturated rings. The predicted octanol–water partition coefficient (Wildman–Crippen LogP) is 2.82. The number of thiazole rings is 1. The van der Waals surface area contributed by atoms with Crippen molar-refractivity contribution in [2.75, 3.05) is 5.32 Å². The fourth-order valence-electron chi connectivity index (χ4n) is 2.78. The molecule has 1 saturated carbocycles. The Labute approximate surface area is 116 Å². The van der Waals surface area contributed by atoms with Crippen molar-refractivity contribution in [1.29, 1.82) is 0 Å². The van der Waals surface area contributed by atoms with Gasteiger partial charge in [0.15, 0.2) is 5.13 Å². The highest BCUT2D eigenvalue weighted by Crippen LogP contribution is 2.44. The van der Waals surface area contributed by atoms with Crippen molar-refractivity contribution < 1.29 is 14.7 Å². The Balaban J connectivity index is 1.97. The van der Waals surface area contributed by atoms with Crippen molar-refractivity contribution in [3.8, 4) is 0 Å². The minimum atomic E-state index is -0.820. The van der Waals surface area contributed by atoms with Crippen LogP contribution in [-0.2, 0) is 9.59 Å². The van der Waals surface area contributed by atoms with E-state index in [2.05, 4.69) is 10.3 Å². The quantitative estimate of drug-likeness (QED) is 0.870. The average Bonchev–Trinajstić information content (AvgIpc) is 2.87. The summed E-state index contributed by atoms with van der Waals surface area (Å²) in [5.41, 5.74) is 0.517. The summed E-state index contributed by atoms with van der Waals surface area (Å²) in [6.45, 7) is 1.87. The molecule has 1 amide bonds. The van der Waals surface area contributed by atoms with Crippen molar-refractivity contribution in [3.05, 3.63) is 11.1 Å². The fourth-order valence-corrected chi connectivity index (χ4v) is 3.48. The lowest BCUT2D eigenvalue weighted by Crippen LogP contribution is -2.27. The van der Waals surface area contributed by atoms with E-state index in [9.17, 15) is 9.59 Å². The molecule has 1 aliphatic carbocycles. The van der Waals surface area contributed by atoms with E-state index in [1.807, 2.05) is 12.3 Å². The molecule has 5 nitrogen and oxygen atoms in total. The van der Waals surface area contributed by atoms with E-state index in [0.29, 0.717) is 5.13 Å². The molecule has 2 N–H and O–H groups in total. The number of hydrogen-bond acceptors (Lipinski definition) is 4. The van der Waals surface area contributed by atoms with E-state index in [4.69, 9.17) is 5.11 Å². The van der Waals surface area contributed by atoms with Crippen molar-refractivity contribution in [2.45, 2.75) is 45.4 Å². The molecule has 0 atom stereocenters. The second-order valence-electron chi connectivity index (χ2n) is 5.30. The lowest BCUT2D eigenvalue weighted by atomic mass is 9.79. The Morgan fingerprint density at radius 2 is 2.11 bits per heavy atom. The van der Waals surface area contributed by atoms with Gasteiger partial charge in [-0.05, 0) is 25.2 Å². The Morgan fingerprint density at radius 1 is 1.42 bits per heavy atom. The number of aromatic nitrogens is 1. The summed E-state index contributed by atoms with van der Waals surface area (Å²) < 4.78 is 0. The second-order valence-corrected chi connectivity index (χ2v) is 6.15. The molecule has 0 radical (unpaired) electrons. The normalized spacial score (nSPS) is 17.3. The van der Waals surface area contributed by atoms with E-state index in [1.165, 1.54) is 11.3 Å². The van der Waals surface area contributed by atoms with Gasteiger partial charge in [-0.25, -0.2) is 4.98 Å². The van der Waals surface area contributed by atoms with Crippen molar-refractivity contribution in [1.82, 2.24) is 4.98 Å². The maximum atomic E-state index is 12.0. The van der Waals surface area contributed by atoms with Crippen LogP contribution in [0, 0.1) is 12.3 Å². The van der Waals surface area contributed by atoms with Gasteiger partial charge in [0, 0.05) is 11.8 Å². The van der Waals surface area contributed by atoms with Gasteiger partial charge >= 0.3 is 5.97 Å². The number of nitrogens with one attached hydrogen (secondary N) is 1. The summed E-state index contributed by atoms with van der Waals surface area (Å²) in [7, 11) is 0. The highest BCUT2D eigenvalue weighted by Gasteiger charge is 2.38. The van der Waals surface area contributed by atoms with Crippen LogP contribution in [0.1, 0.15) is 44.2 Å². The highest BCUT2D eigenvalue weighted by atomic mass is 32.1. The molecule has 19 heavy (non-hydrogen) atoms. The van der Waals surface area contributed by atoms with Gasteiger partial charge in [0.2, 0.25) is 5.91 Å². The SMILES string of the molecule is Cc1csc(NC(=O)CC2(CC(=O)O)CCCC2)n1. The predicted molar refractivity (Wildman–Crippen MR) is 73.3 cm³/mol. The summed E-state index contributed by atoms with van der Waals surface area (Å²) in [5, 5.41) is 14.2. The highest BCUT2D eigenvalue weighted by molar-refractivity contribution is 7.13. The number of carbonyl (C=O) groups excluding carboxylic acids is 1. The van der Waals surface area contributed by atoms with E-state index in [-0.39, 0.29) is 24.2 Å². The number of hydrogen-bond donors (Lipinski definition) is 2. The number of rotatable bonds is 5. The molecule has 0 bridgehead atoms. The topological polar surface area (TPSA) is 79.3 Å². The average molecular weight is 282 g/mol. The lowest BCUT2D eigenvalue weighted by molar-refractivity contribution is -0.140. The standard InChI is InChI=1S/C13H18N2O3S/c1-9-8-19-12(14-9)15-10(16)6-13(7-11(17)18)4-2-3-5-13/h8H,2-7H2,1H3,(H,17,18)(H,14,15,16). The fraction of sp³-hybridized carbons (Fsp3) is 0.615. The third-order valence-electron chi connectivity index (χ3n) is 3.59. The van der Waals surface area contributed by atoms with E-state index >= 15 is 0 Å². The van der Waals surface area contributed by atoms with Gasteiger partial charge in [0.1, 0.15) is 0 Å². The molecule has 104 valence electrons. The van der Waals surface area contributed by atoms with Gasteiger partial charge < -0.3 is 10.4 Å². The van der Waals surface area contributed by atoms with Gasteiger partial charge in [-0.3, -0.25) is 9.59 Å². The molecule has 1 aromatic heterocycles. The summed E-state index contributed by atoms with van der Waals surface area (Å²) in [4.78, 5) is 27.2. The first-order valence-electron chi connectivity index (χ1n) is 6.43. The van der Waals surface area contributed by atoms with Crippen LogP contribution < -0.4 is 5.32 Å². The van der Waals surface area contributed by atoms with Gasteiger partial charge in [0.25, 0.3) is 0 Å². The first kappa shape index (κ1) is 14.0. The molecule has 0 aromatic carbocycles. The molecular formula is C13H18N2O3S. The van der Waals surface area contributed by atoms with Crippen LogP contribution >= 0.6 is 11.3 Å². The van der Waals surface area contributed by atoms with Crippen molar-refractivity contribution >= 4 is 28.3 Å². The number of carbonyl (C=O) groups is 2. The molecule has 1 aliphatic rings. The lowest BCUT2D eigenvalue weighted by Gasteiger charge is -2.25. The smallest absolute Gasteiger partial charge is 0.303 e. The zero-order valence-electron chi connectivity index (χ0n) is 10.9. The van der Waals surface area contributed by atoms with Gasteiger partial charge in [-0.2, -0.15) is 0 Å². The van der Waals surface area contributed by atoms with E-state index < -0.39 is 5.97 Å². The molecule has 0 aliphatic heterocycles. The van der Waals surface area contributed by atoms with Crippen molar-refractivity contribution in [2.24, 2.45) is 5.41 Å². The summed E-state index contributed by atoms with van der Waals surface area (Å²) in [5.74, 6) is -0.947. The first-order chi connectivity index (χ1) is 8.99. The van der Waals surface area contributed by atoms with Gasteiger partial charge in [-0.1, -0.05) is 12.8 Å². The van der Waals surface area contributed by atoms with Crippen LogP contribution in [0.5, 0.6) is 0 Å². The minimum Gasteiger partial charge on any atom is -0.481 e. The summed E-state index contributed by atoms with van der Waals surface area (Å²) >= 11 is 1.39.